The largest absolute Gasteiger partial charge is 0.494 e. The zero-order valence-electron chi connectivity index (χ0n) is 15.9. The van der Waals surface area contributed by atoms with Crippen LogP contribution < -0.4 is 10.1 Å². The van der Waals surface area contributed by atoms with Crippen molar-refractivity contribution in [3.8, 4) is 17.1 Å². The number of aromatic nitrogens is 1. The van der Waals surface area contributed by atoms with Crippen molar-refractivity contribution in [3.05, 3.63) is 29.6 Å². The topological polar surface area (TPSA) is 97.1 Å². The number of morpholine rings is 1. The molecular weight excluding hydrogens is 369 g/mol. The molecule has 0 radical (unpaired) electrons. The maximum Gasteiger partial charge on any atom is 0.343 e. The van der Waals surface area contributed by atoms with Crippen LogP contribution >= 0.6 is 0 Å². The predicted molar refractivity (Wildman–Crippen MR) is 100 cm³/mol. The Labute approximate surface area is 162 Å². The van der Waals surface area contributed by atoms with Crippen molar-refractivity contribution in [3.63, 3.8) is 0 Å². The lowest BCUT2D eigenvalue weighted by atomic mass is 10.1. The minimum absolute atomic E-state index is 0.00175. The molecule has 1 saturated heterocycles. The number of methoxy groups -OCH3 is 1. The van der Waals surface area contributed by atoms with Crippen LogP contribution in [-0.4, -0.2) is 67.1 Å². The van der Waals surface area contributed by atoms with Crippen LogP contribution in [-0.2, 0) is 4.74 Å². The Morgan fingerprint density at radius 1 is 1.43 bits per heavy atom. The van der Waals surface area contributed by atoms with Gasteiger partial charge in [0.1, 0.15) is 0 Å². The van der Waals surface area contributed by atoms with E-state index in [0.717, 1.165) is 19.5 Å². The molecule has 152 valence electrons. The van der Waals surface area contributed by atoms with Gasteiger partial charge in [-0.15, -0.1) is 0 Å². The van der Waals surface area contributed by atoms with Gasteiger partial charge < -0.3 is 24.4 Å². The van der Waals surface area contributed by atoms with Crippen LogP contribution in [0.2, 0.25) is 0 Å². The molecule has 8 nitrogen and oxygen atoms in total. The number of halogens is 1. The summed E-state index contributed by atoms with van der Waals surface area (Å²) in [6, 6.07) is 4.23. The number of aromatic carboxylic acids is 1. The molecule has 0 bridgehead atoms. The highest BCUT2D eigenvalue weighted by Crippen LogP contribution is 2.32. The molecule has 28 heavy (non-hydrogen) atoms. The number of ether oxygens (including phenoxy) is 2. The smallest absolute Gasteiger partial charge is 0.343 e. The molecule has 0 spiro atoms. The highest BCUT2D eigenvalue weighted by molar-refractivity contribution is 5.99. The van der Waals surface area contributed by atoms with Crippen molar-refractivity contribution < 1.29 is 28.3 Å². The van der Waals surface area contributed by atoms with Gasteiger partial charge in [-0.25, -0.2) is 9.18 Å². The molecule has 1 atom stereocenters. The highest BCUT2D eigenvalue weighted by Gasteiger charge is 2.26. The molecule has 2 aromatic rings. The van der Waals surface area contributed by atoms with E-state index in [-0.39, 0.29) is 28.9 Å². The molecule has 0 amide bonds. The Hall–Kier alpha value is -2.65. The van der Waals surface area contributed by atoms with Crippen LogP contribution in [0.1, 0.15) is 23.7 Å². The molecule has 1 aliphatic rings. The highest BCUT2D eigenvalue weighted by atomic mass is 19.1. The molecule has 1 aromatic carbocycles. The summed E-state index contributed by atoms with van der Waals surface area (Å²) in [5.41, 5.74) is 0.280. The average molecular weight is 393 g/mol. The van der Waals surface area contributed by atoms with E-state index in [1.807, 2.05) is 0 Å². The number of anilines is 1. The van der Waals surface area contributed by atoms with Gasteiger partial charge in [-0.3, -0.25) is 4.90 Å². The zero-order valence-corrected chi connectivity index (χ0v) is 15.9. The van der Waals surface area contributed by atoms with Gasteiger partial charge >= 0.3 is 5.97 Å². The van der Waals surface area contributed by atoms with E-state index < -0.39 is 11.8 Å². The van der Waals surface area contributed by atoms with Gasteiger partial charge in [0, 0.05) is 31.2 Å². The lowest BCUT2D eigenvalue weighted by Gasteiger charge is -2.34. The lowest BCUT2D eigenvalue weighted by molar-refractivity contribution is 0.0184. The summed E-state index contributed by atoms with van der Waals surface area (Å²) in [7, 11) is 1.34. The van der Waals surface area contributed by atoms with Gasteiger partial charge in [0.2, 0.25) is 0 Å². The third-order valence-electron chi connectivity index (χ3n) is 4.86. The number of hydrogen-bond acceptors (Lipinski definition) is 7. The van der Waals surface area contributed by atoms with Crippen molar-refractivity contribution in [2.75, 3.05) is 45.3 Å². The quantitative estimate of drug-likeness (QED) is 0.707. The Balaban J connectivity index is 1.81. The molecule has 0 saturated carbocycles. The van der Waals surface area contributed by atoms with Crippen LogP contribution in [0.4, 0.5) is 10.2 Å². The van der Waals surface area contributed by atoms with E-state index in [1.54, 1.807) is 0 Å². The van der Waals surface area contributed by atoms with Gasteiger partial charge in [-0.2, -0.15) is 0 Å². The number of nitrogens with zero attached hydrogens (tertiary/aromatic N) is 2. The molecule has 3 rings (SSSR count). The number of carbonyl (C=O) groups is 1. The summed E-state index contributed by atoms with van der Waals surface area (Å²) < 4.78 is 29.3. The van der Waals surface area contributed by atoms with E-state index in [9.17, 15) is 14.3 Å². The first-order chi connectivity index (χ1) is 13.5. The molecule has 1 aliphatic heterocycles. The van der Waals surface area contributed by atoms with Crippen LogP contribution in [0.15, 0.2) is 22.7 Å². The molecule has 9 heteroatoms. The molecule has 1 fully saturated rings. The summed E-state index contributed by atoms with van der Waals surface area (Å²) in [5.74, 6) is -1.53. The molecule has 1 unspecified atom stereocenters. The van der Waals surface area contributed by atoms with E-state index in [1.165, 1.54) is 25.3 Å². The molecule has 2 N–H and O–H groups in total. The van der Waals surface area contributed by atoms with Crippen LogP contribution in [0.5, 0.6) is 5.75 Å². The van der Waals surface area contributed by atoms with Gasteiger partial charge in [-0.1, -0.05) is 12.1 Å². The van der Waals surface area contributed by atoms with Gasteiger partial charge in [0.25, 0.3) is 0 Å². The maximum absolute atomic E-state index is 13.7. The van der Waals surface area contributed by atoms with E-state index in [4.69, 9.17) is 14.0 Å². The second-order valence-electron chi connectivity index (χ2n) is 6.48. The number of rotatable bonds is 8. The van der Waals surface area contributed by atoms with Crippen molar-refractivity contribution in [1.29, 1.82) is 0 Å². The normalized spacial score (nSPS) is 16.0. The summed E-state index contributed by atoms with van der Waals surface area (Å²) in [4.78, 5) is 14.2. The second-order valence-corrected chi connectivity index (χ2v) is 6.48. The van der Waals surface area contributed by atoms with Gasteiger partial charge in [0.15, 0.2) is 28.7 Å². The lowest BCUT2D eigenvalue weighted by Crippen LogP contribution is -2.46. The number of carboxylic acid groups (broad SMARTS) is 1. The first-order valence-electron chi connectivity index (χ1n) is 9.17. The van der Waals surface area contributed by atoms with Crippen molar-refractivity contribution in [2.24, 2.45) is 0 Å². The minimum Gasteiger partial charge on any atom is -0.494 e. The fraction of sp³-hybridized carbons (Fsp3) is 0.474. The van der Waals surface area contributed by atoms with Crippen LogP contribution in [0.3, 0.4) is 0 Å². The van der Waals surface area contributed by atoms with E-state index in [2.05, 4.69) is 22.3 Å². The van der Waals surface area contributed by atoms with E-state index in [0.29, 0.717) is 25.3 Å². The zero-order chi connectivity index (χ0) is 20.1. The van der Waals surface area contributed by atoms with Gasteiger partial charge in [-0.05, 0) is 24.6 Å². The fourth-order valence-electron chi connectivity index (χ4n) is 3.30. The Kier molecular flexibility index (Phi) is 6.48. The average Bonchev–Trinajstić information content (AvgIpc) is 3.14. The molecule has 0 aliphatic carbocycles. The molecule has 1 aromatic heterocycles. The Morgan fingerprint density at radius 2 is 2.18 bits per heavy atom. The molecular formula is C19H24FN3O5. The minimum atomic E-state index is -1.18. The summed E-state index contributed by atoms with van der Waals surface area (Å²) >= 11 is 0. The predicted octanol–water partition coefficient (Wildman–Crippen LogP) is 2.71. The first kappa shape index (κ1) is 20.1. The monoisotopic (exact) mass is 393 g/mol. The second kappa shape index (κ2) is 9.03. The third-order valence-corrected chi connectivity index (χ3v) is 4.86. The van der Waals surface area contributed by atoms with Crippen molar-refractivity contribution in [1.82, 2.24) is 10.1 Å². The third kappa shape index (κ3) is 4.26. The van der Waals surface area contributed by atoms with E-state index >= 15 is 0 Å². The SMILES string of the molecule is CCC(CNc1noc(-c2ccc(F)c(OC)c2)c1C(=O)O)N1CCOCC1. The fourth-order valence-corrected chi connectivity index (χ4v) is 3.30. The Morgan fingerprint density at radius 3 is 2.82 bits per heavy atom. The maximum atomic E-state index is 13.7. The van der Waals surface area contributed by atoms with Crippen molar-refractivity contribution >= 4 is 11.8 Å². The number of hydrogen-bond donors (Lipinski definition) is 2. The molecule has 2 heterocycles. The summed E-state index contributed by atoms with van der Waals surface area (Å²) in [6.45, 7) is 5.67. The number of benzene rings is 1. The number of carboxylic acids is 1. The summed E-state index contributed by atoms with van der Waals surface area (Å²) in [5, 5.41) is 16.7. The Bertz CT molecular complexity index is 820. The van der Waals surface area contributed by atoms with Crippen LogP contribution in [0, 0.1) is 5.82 Å². The first-order valence-corrected chi connectivity index (χ1v) is 9.17. The number of nitrogens with one attached hydrogen (secondary N) is 1. The van der Waals surface area contributed by atoms with Crippen molar-refractivity contribution in [2.45, 2.75) is 19.4 Å². The van der Waals surface area contributed by atoms with Crippen LogP contribution in [0.25, 0.3) is 11.3 Å². The summed E-state index contributed by atoms with van der Waals surface area (Å²) in [6.07, 6.45) is 0.898. The standard InChI is InChI=1S/C19H24FN3O5/c1-3-13(23-6-8-27-9-7-23)11-21-18-16(19(24)25)17(28-22-18)12-4-5-14(20)15(10-12)26-2/h4-5,10,13H,3,6-9,11H2,1-2H3,(H,21,22)(H,24,25). The van der Waals surface area contributed by atoms with Gasteiger partial charge in [0.05, 0.1) is 20.3 Å².